The molecular formula is C23H29FN2O. The third-order valence-electron chi connectivity index (χ3n) is 5.45. The first kappa shape index (κ1) is 19.6. The monoisotopic (exact) mass is 368 g/mol. The van der Waals surface area contributed by atoms with Gasteiger partial charge in [0, 0.05) is 25.2 Å². The number of benzene rings is 2. The second kappa shape index (κ2) is 9.65. The number of rotatable bonds is 7. The Bertz CT molecular complexity index is 709. The molecule has 3 rings (SSSR count). The largest absolute Gasteiger partial charge is 0.312 e. The van der Waals surface area contributed by atoms with Crippen LogP contribution in [0.15, 0.2) is 54.6 Å². The Hall–Kier alpha value is -2.20. The molecule has 0 atom stereocenters. The molecule has 2 aromatic carbocycles. The number of halogens is 1. The van der Waals surface area contributed by atoms with Crippen molar-refractivity contribution in [1.82, 2.24) is 4.90 Å². The van der Waals surface area contributed by atoms with Gasteiger partial charge in [-0.2, -0.15) is 0 Å². The number of hydrogen-bond acceptors (Lipinski definition) is 2. The molecule has 1 aliphatic heterocycles. The van der Waals surface area contributed by atoms with Crippen LogP contribution >= 0.6 is 0 Å². The van der Waals surface area contributed by atoms with Gasteiger partial charge in [0.2, 0.25) is 5.91 Å². The molecule has 0 unspecified atom stereocenters. The van der Waals surface area contributed by atoms with E-state index in [-0.39, 0.29) is 11.7 Å². The van der Waals surface area contributed by atoms with Crippen molar-refractivity contribution in [1.29, 1.82) is 0 Å². The van der Waals surface area contributed by atoms with Gasteiger partial charge in [-0.25, -0.2) is 4.39 Å². The van der Waals surface area contributed by atoms with Crippen LogP contribution in [-0.2, 0) is 11.2 Å². The number of carbonyl (C=O) groups is 1. The molecule has 0 radical (unpaired) electrons. The molecule has 1 fully saturated rings. The summed E-state index contributed by atoms with van der Waals surface area (Å²) in [4.78, 5) is 16.8. The Labute approximate surface area is 161 Å². The highest BCUT2D eigenvalue weighted by Crippen LogP contribution is 2.23. The van der Waals surface area contributed by atoms with Crippen LogP contribution in [0.5, 0.6) is 0 Å². The fourth-order valence-corrected chi connectivity index (χ4v) is 3.75. The Morgan fingerprint density at radius 3 is 2.37 bits per heavy atom. The molecule has 0 spiro atoms. The lowest BCUT2D eigenvalue weighted by atomic mass is 9.95. The van der Waals surface area contributed by atoms with Crippen LogP contribution < -0.4 is 4.90 Å². The predicted octanol–water partition coefficient (Wildman–Crippen LogP) is 4.52. The minimum absolute atomic E-state index is 0.105. The smallest absolute Gasteiger partial charge is 0.226 e. The third kappa shape index (κ3) is 5.64. The van der Waals surface area contributed by atoms with Crippen molar-refractivity contribution >= 4 is 11.6 Å². The summed E-state index contributed by atoms with van der Waals surface area (Å²) in [5.41, 5.74) is 2.19. The average Bonchev–Trinajstić information content (AvgIpc) is 2.72. The predicted molar refractivity (Wildman–Crippen MR) is 108 cm³/mol. The minimum atomic E-state index is -0.269. The van der Waals surface area contributed by atoms with E-state index in [4.69, 9.17) is 0 Å². The number of carbonyl (C=O) groups excluding carboxylic acids is 1. The molecule has 1 aliphatic rings. The summed E-state index contributed by atoms with van der Waals surface area (Å²) in [6.45, 7) is 5.85. The Morgan fingerprint density at radius 1 is 1.07 bits per heavy atom. The van der Waals surface area contributed by atoms with E-state index >= 15 is 0 Å². The second-order valence-corrected chi connectivity index (χ2v) is 7.35. The van der Waals surface area contributed by atoms with Crippen molar-refractivity contribution in [2.24, 2.45) is 5.92 Å². The zero-order valence-corrected chi connectivity index (χ0v) is 16.1. The molecule has 4 heteroatoms. The maximum absolute atomic E-state index is 13.2. The normalized spacial score (nSPS) is 15.6. The number of anilines is 1. The van der Waals surface area contributed by atoms with Crippen LogP contribution in [0.4, 0.5) is 10.1 Å². The second-order valence-electron chi connectivity index (χ2n) is 7.35. The molecule has 1 amide bonds. The first-order chi connectivity index (χ1) is 13.2. The number of piperidine rings is 1. The Balaban J connectivity index is 1.51. The zero-order chi connectivity index (χ0) is 19.1. The highest BCUT2D eigenvalue weighted by atomic mass is 19.1. The molecule has 0 bridgehead atoms. The van der Waals surface area contributed by atoms with Gasteiger partial charge in [0.15, 0.2) is 0 Å². The fraction of sp³-hybridized carbons (Fsp3) is 0.435. The number of nitrogens with zero attached hydrogens (tertiary/aromatic N) is 2. The van der Waals surface area contributed by atoms with Crippen molar-refractivity contribution in [2.75, 3.05) is 31.1 Å². The molecule has 144 valence electrons. The van der Waals surface area contributed by atoms with Crippen molar-refractivity contribution in [2.45, 2.75) is 32.6 Å². The van der Waals surface area contributed by atoms with Crippen LogP contribution in [0.2, 0.25) is 0 Å². The molecule has 2 aromatic rings. The molecule has 1 saturated heterocycles. The third-order valence-corrected chi connectivity index (χ3v) is 5.45. The van der Waals surface area contributed by atoms with Crippen molar-refractivity contribution in [3.63, 3.8) is 0 Å². The van der Waals surface area contributed by atoms with E-state index in [1.54, 1.807) is 12.1 Å². The van der Waals surface area contributed by atoms with E-state index in [0.717, 1.165) is 51.1 Å². The fourth-order valence-electron chi connectivity index (χ4n) is 3.75. The standard InChI is InChI=1S/C23H29FN2O/c1-2-23(27)26(22-10-8-21(24)9-11-22)18-20-13-16-25(17-14-20)15-12-19-6-4-3-5-7-19/h3-11,20H,2,12-18H2,1H3. The van der Waals surface area contributed by atoms with Gasteiger partial charge in [0.25, 0.3) is 0 Å². The van der Waals surface area contributed by atoms with Gasteiger partial charge in [-0.3, -0.25) is 4.79 Å². The van der Waals surface area contributed by atoms with Gasteiger partial charge in [-0.05, 0) is 68.1 Å². The van der Waals surface area contributed by atoms with E-state index < -0.39 is 0 Å². The molecule has 0 N–H and O–H groups in total. The van der Waals surface area contributed by atoms with Crippen LogP contribution in [0.1, 0.15) is 31.7 Å². The molecule has 3 nitrogen and oxygen atoms in total. The van der Waals surface area contributed by atoms with Gasteiger partial charge in [-0.15, -0.1) is 0 Å². The summed E-state index contributed by atoms with van der Waals surface area (Å²) >= 11 is 0. The van der Waals surface area contributed by atoms with Crippen LogP contribution in [0.3, 0.4) is 0 Å². The Kier molecular flexibility index (Phi) is 6.99. The van der Waals surface area contributed by atoms with E-state index in [2.05, 4.69) is 35.2 Å². The van der Waals surface area contributed by atoms with E-state index in [0.29, 0.717) is 12.3 Å². The van der Waals surface area contributed by atoms with E-state index in [9.17, 15) is 9.18 Å². The minimum Gasteiger partial charge on any atom is -0.312 e. The summed E-state index contributed by atoms with van der Waals surface area (Å²) in [6.07, 6.45) is 3.75. The van der Waals surface area contributed by atoms with E-state index in [1.807, 2.05) is 11.8 Å². The summed E-state index contributed by atoms with van der Waals surface area (Å²) in [5.74, 6) is 0.334. The SMILES string of the molecule is CCC(=O)N(CC1CCN(CCc2ccccc2)CC1)c1ccc(F)cc1. The summed E-state index contributed by atoms with van der Waals surface area (Å²) in [7, 11) is 0. The van der Waals surface area contributed by atoms with Gasteiger partial charge in [0.1, 0.15) is 5.82 Å². The molecule has 0 aliphatic carbocycles. The van der Waals surface area contributed by atoms with Gasteiger partial charge in [-0.1, -0.05) is 37.3 Å². The molecule has 0 saturated carbocycles. The van der Waals surface area contributed by atoms with Crippen LogP contribution in [0, 0.1) is 11.7 Å². The maximum atomic E-state index is 13.2. The van der Waals surface area contributed by atoms with Gasteiger partial charge < -0.3 is 9.80 Å². The zero-order valence-electron chi connectivity index (χ0n) is 16.1. The summed E-state index contributed by atoms with van der Waals surface area (Å²) in [5, 5.41) is 0. The lowest BCUT2D eigenvalue weighted by molar-refractivity contribution is -0.118. The number of amides is 1. The summed E-state index contributed by atoms with van der Waals surface area (Å²) < 4.78 is 13.2. The van der Waals surface area contributed by atoms with Crippen molar-refractivity contribution in [3.05, 3.63) is 66.0 Å². The van der Waals surface area contributed by atoms with E-state index in [1.165, 1.54) is 17.7 Å². The van der Waals surface area contributed by atoms with Crippen molar-refractivity contribution in [3.8, 4) is 0 Å². The molecule has 27 heavy (non-hydrogen) atoms. The lowest BCUT2D eigenvalue weighted by Crippen LogP contribution is -2.41. The number of hydrogen-bond donors (Lipinski definition) is 0. The average molecular weight is 368 g/mol. The lowest BCUT2D eigenvalue weighted by Gasteiger charge is -2.35. The highest BCUT2D eigenvalue weighted by molar-refractivity contribution is 5.93. The molecular weight excluding hydrogens is 339 g/mol. The summed E-state index contributed by atoms with van der Waals surface area (Å²) in [6, 6.07) is 16.9. The quantitative estimate of drug-likeness (QED) is 0.717. The Morgan fingerprint density at radius 2 is 1.74 bits per heavy atom. The van der Waals surface area contributed by atoms with Crippen molar-refractivity contribution < 1.29 is 9.18 Å². The maximum Gasteiger partial charge on any atom is 0.226 e. The van der Waals surface area contributed by atoms with Crippen LogP contribution in [0.25, 0.3) is 0 Å². The van der Waals surface area contributed by atoms with Gasteiger partial charge >= 0.3 is 0 Å². The van der Waals surface area contributed by atoms with Gasteiger partial charge in [0.05, 0.1) is 0 Å². The molecule has 0 aromatic heterocycles. The number of likely N-dealkylation sites (tertiary alicyclic amines) is 1. The molecule has 1 heterocycles. The first-order valence-electron chi connectivity index (χ1n) is 9.98. The first-order valence-corrected chi connectivity index (χ1v) is 9.98. The highest BCUT2D eigenvalue weighted by Gasteiger charge is 2.24. The topological polar surface area (TPSA) is 23.6 Å². The van der Waals surface area contributed by atoms with Crippen LogP contribution in [-0.4, -0.2) is 37.0 Å².